The summed E-state index contributed by atoms with van der Waals surface area (Å²) in [4.78, 5) is 25.1. The summed E-state index contributed by atoms with van der Waals surface area (Å²) >= 11 is 0. The van der Waals surface area contributed by atoms with Crippen molar-refractivity contribution in [1.29, 1.82) is 0 Å². The van der Waals surface area contributed by atoms with Crippen LogP contribution in [0.25, 0.3) is 0 Å². The van der Waals surface area contributed by atoms with Gasteiger partial charge in [-0.05, 0) is 24.3 Å². The smallest absolute Gasteiger partial charge is 0.330 e. The molecule has 21 heavy (non-hydrogen) atoms. The van der Waals surface area contributed by atoms with Crippen LogP contribution < -0.4 is 5.32 Å². The first-order valence-corrected chi connectivity index (χ1v) is 6.88. The molecule has 1 aromatic rings. The number of amides is 2. The Morgan fingerprint density at radius 1 is 1.38 bits per heavy atom. The number of aliphatic carboxylic acids is 1. The van der Waals surface area contributed by atoms with Crippen molar-refractivity contribution < 1.29 is 14.7 Å². The van der Waals surface area contributed by atoms with Crippen LogP contribution in [0.4, 0.5) is 4.79 Å². The van der Waals surface area contributed by atoms with Gasteiger partial charge in [-0.25, -0.2) is 9.59 Å². The van der Waals surface area contributed by atoms with Crippen LogP contribution in [0.5, 0.6) is 0 Å². The molecule has 0 heterocycles. The predicted molar refractivity (Wildman–Crippen MR) is 78.5 cm³/mol. The average Bonchev–Trinajstić information content (AvgIpc) is 3.28. The van der Waals surface area contributed by atoms with E-state index in [1.165, 1.54) is 4.90 Å². The Morgan fingerprint density at radius 3 is 2.57 bits per heavy atom. The molecule has 1 saturated carbocycles. The van der Waals surface area contributed by atoms with Crippen LogP contribution in [-0.2, 0) is 4.79 Å². The zero-order valence-corrected chi connectivity index (χ0v) is 11.7. The first-order chi connectivity index (χ1) is 10.1. The van der Waals surface area contributed by atoms with Crippen LogP contribution >= 0.6 is 0 Å². The van der Waals surface area contributed by atoms with E-state index in [2.05, 4.69) is 11.2 Å². The monoisotopic (exact) mass is 286 g/mol. The highest BCUT2D eigenvalue weighted by Gasteiger charge is 2.29. The third kappa shape index (κ3) is 4.25. The molecule has 0 saturated heterocycles. The molecular formula is C16H18N2O3. The van der Waals surface area contributed by atoms with Gasteiger partial charge in [-0.3, -0.25) is 0 Å². The quantitative estimate of drug-likeness (QED) is 0.784. The first kappa shape index (κ1) is 14.9. The van der Waals surface area contributed by atoms with Gasteiger partial charge < -0.3 is 15.3 Å². The molecule has 1 fully saturated rings. The molecule has 2 N–H and O–H groups in total. The van der Waals surface area contributed by atoms with E-state index in [-0.39, 0.29) is 6.54 Å². The molecule has 2 rings (SSSR count). The summed E-state index contributed by atoms with van der Waals surface area (Å²) in [5.74, 6) is 1.84. The van der Waals surface area contributed by atoms with E-state index in [0.29, 0.717) is 18.0 Å². The zero-order chi connectivity index (χ0) is 15.2. The lowest BCUT2D eigenvalue weighted by Gasteiger charge is -2.23. The molecular weight excluding hydrogens is 268 g/mol. The van der Waals surface area contributed by atoms with Crippen molar-refractivity contribution in [2.24, 2.45) is 5.92 Å². The molecule has 1 aromatic carbocycles. The number of hydrogen-bond acceptors (Lipinski definition) is 2. The second-order valence-electron chi connectivity index (χ2n) is 5.16. The van der Waals surface area contributed by atoms with Crippen LogP contribution in [-0.4, -0.2) is 35.1 Å². The Balaban J connectivity index is 2.06. The lowest BCUT2D eigenvalue weighted by Crippen LogP contribution is -2.44. The fourth-order valence-corrected chi connectivity index (χ4v) is 2.09. The van der Waals surface area contributed by atoms with Crippen molar-refractivity contribution in [3.05, 3.63) is 35.9 Å². The van der Waals surface area contributed by atoms with Crippen molar-refractivity contribution in [3.63, 3.8) is 0 Å². The molecule has 1 atom stereocenters. The molecule has 0 radical (unpaired) electrons. The Labute approximate surface area is 124 Å². The predicted octanol–water partition coefficient (Wildman–Crippen LogP) is 1.87. The summed E-state index contributed by atoms with van der Waals surface area (Å²) in [7, 11) is 0. The van der Waals surface area contributed by atoms with Gasteiger partial charge in [-0.15, -0.1) is 6.42 Å². The molecule has 110 valence electrons. The van der Waals surface area contributed by atoms with Gasteiger partial charge in [-0.1, -0.05) is 36.3 Å². The molecule has 0 bridgehead atoms. The van der Waals surface area contributed by atoms with Gasteiger partial charge in [0.1, 0.15) is 0 Å². The maximum absolute atomic E-state index is 12.2. The summed E-state index contributed by atoms with van der Waals surface area (Å²) in [5.41, 5.74) is 0.533. The van der Waals surface area contributed by atoms with E-state index in [1.54, 1.807) is 30.3 Å². The highest BCUT2D eigenvalue weighted by Crippen LogP contribution is 2.29. The number of carboxylic acids is 1. The number of nitrogens with one attached hydrogen (secondary N) is 1. The van der Waals surface area contributed by atoms with Crippen molar-refractivity contribution in [3.8, 4) is 12.3 Å². The number of carbonyl (C=O) groups is 2. The number of nitrogens with zero attached hydrogens (tertiary/aromatic N) is 1. The van der Waals surface area contributed by atoms with Crippen molar-refractivity contribution in [2.75, 3.05) is 13.1 Å². The lowest BCUT2D eigenvalue weighted by molar-refractivity contribution is -0.139. The fourth-order valence-electron chi connectivity index (χ4n) is 2.09. The molecule has 5 nitrogen and oxygen atoms in total. The van der Waals surface area contributed by atoms with Crippen LogP contribution in [0.2, 0.25) is 0 Å². The molecule has 0 aromatic heterocycles. The number of urea groups is 1. The van der Waals surface area contributed by atoms with Gasteiger partial charge in [0.25, 0.3) is 0 Å². The van der Waals surface area contributed by atoms with Gasteiger partial charge in [0, 0.05) is 6.54 Å². The Morgan fingerprint density at radius 2 is 2.05 bits per heavy atom. The van der Waals surface area contributed by atoms with E-state index >= 15 is 0 Å². The van der Waals surface area contributed by atoms with E-state index in [0.717, 1.165) is 12.8 Å². The Bertz CT molecular complexity index is 546. The molecule has 1 unspecified atom stereocenters. The van der Waals surface area contributed by atoms with Crippen molar-refractivity contribution >= 4 is 12.0 Å². The summed E-state index contributed by atoms with van der Waals surface area (Å²) in [6, 6.07) is 7.11. The van der Waals surface area contributed by atoms with Gasteiger partial charge in [0.2, 0.25) is 0 Å². The minimum Gasteiger partial charge on any atom is -0.479 e. The first-order valence-electron chi connectivity index (χ1n) is 6.88. The summed E-state index contributed by atoms with van der Waals surface area (Å²) < 4.78 is 0. The summed E-state index contributed by atoms with van der Waals surface area (Å²) in [6.45, 7) is 0.765. The standard InChI is InChI=1S/C16H18N2O3/c1-2-10-18(11-12-8-9-12)16(21)17-14(15(19)20)13-6-4-3-5-7-13/h1,3-7,12,14H,8-11H2,(H,17,21)(H,19,20). The SMILES string of the molecule is C#CCN(CC1CC1)C(=O)NC(C(=O)O)c1ccccc1. The van der Waals surface area contributed by atoms with E-state index in [4.69, 9.17) is 6.42 Å². The zero-order valence-electron chi connectivity index (χ0n) is 11.7. The van der Waals surface area contributed by atoms with Crippen molar-refractivity contribution in [2.45, 2.75) is 18.9 Å². The van der Waals surface area contributed by atoms with E-state index < -0.39 is 18.0 Å². The molecule has 1 aliphatic rings. The fraction of sp³-hybridized carbons (Fsp3) is 0.375. The highest BCUT2D eigenvalue weighted by molar-refractivity contribution is 5.83. The second kappa shape index (κ2) is 6.80. The van der Waals surface area contributed by atoms with E-state index in [1.807, 2.05) is 0 Å². The van der Waals surface area contributed by atoms with Crippen LogP contribution in [0.1, 0.15) is 24.4 Å². The van der Waals surface area contributed by atoms with Gasteiger partial charge in [0.05, 0.1) is 6.54 Å². The third-order valence-corrected chi connectivity index (χ3v) is 3.39. The number of hydrogen-bond donors (Lipinski definition) is 2. The Hall–Kier alpha value is -2.48. The highest BCUT2D eigenvalue weighted by atomic mass is 16.4. The normalized spacial score (nSPS) is 14.8. The molecule has 1 aliphatic carbocycles. The number of carboxylic acid groups (broad SMARTS) is 1. The largest absolute Gasteiger partial charge is 0.479 e. The van der Waals surface area contributed by atoms with Crippen LogP contribution in [0.15, 0.2) is 30.3 Å². The van der Waals surface area contributed by atoms with Gasteiger partial charge in [0.15, 0.2) is 6.04 Å². The topological polar surface area (TPSA) is 69.6 Å². The van der Waals surface area contributed by atoms with Gasteiger partial charge in [-0.2, -0.15) is 0 Å². The van der Waals surface area contributed by atoms with E-state index in [9.17, 15) is 14.7 Å². The van der Waals surface area contributed by atoms with Crippen LogP contribution in [0, 0.1) is 18.3 Å². The summed E-state index contributed by atoms with van der Waals surface area (Å²) in [6.07, 6.45) is 7.46. The van der Waals surface area contributed by atoms with Crippen LogP contribution in [0.3, 0.4) is 0 Å². The molecule has 0 spiro atoms. The molecule has 0 aliphatic heterocycles. The number of carbonyl (C=O) groups excluding carboxylic acids is 1. The summed E-state index contributed by atoms with van der Waals surface area (Å²) in [5, 5.41) is 11.9. The minimum absolute atomic E-state index is 0.184. The lowest BCUT2D eigenvalue weighted by atomic mass is 10.1. The Kier molecular flexibility index (Phi) is 4.83. The number of terminal acetylenes is 1. The maximum Gasteiger partial charge on any atom is 0.330 e. The van der Waals surface area contributed by atoms with Gasteiger partial charge >= 0.3 is 12.0 Å². The van der Waals surface area contributed by atoms with Crippen molar-refractivity contribution in [1.82, 2.24) is 10.2 Å². The minimum atomic E-state index is -1.10. The third-order valence-electron chi connectivity index (χ3n) is 3.39. The average molecular weight is 286 g/mol. The maximum atomic E-state index is 12.2. The number of benzene rings is 1. The molecule has 5 heteroatoms. The molecule has 2 amide bonds. The number of rotatable bonds is 6. The second-order valence-corrected chi connectivity index (χ2v) is 5.16.